The van der Waals surface area contributed by atoms with Crippen LogP contribution in [0.5, 0.6) is 0 Å². The maximum absolute atomic E-state index is 13.5. The van der Waals surface area contributed by atoms with Crippen LogP contribution >= 0.6 is 0 Å². The van der Waals surface area contributed by atoms with Gasteiger partial charge in [0.2, 0.25) is 5.95 Å². The lowest BCUT2D eigenvalue weighted by Crippen LogP contribution is -2.41. The van der Waals surface area contributed by atoms with Crippen LogP contribution < -0.4 is 10.4 Å². The molecule has 1 saturated heterocycles. The van der Waals surface area contributed by atoms with Crippen LogP contribution in [0.2, 0.25) is 0 Å². The predicted molar refractivity (Wildman–Crippen MR) is 118 cm³/mol. The Hall–Kier alpha value is -3.65. The molecule has 0 bridgehead atoms. The van der Waals surface area contributed by atoms with Crippen LogP contribution in [0.3, 0.4) is 0 Å². The molecule has 3 heterocycles. The maximum Gasteiger partial charge on any atom is 0.240 e. The molecule has 0 spiro atoms. The van der Waals surface area contributed by atoms with E-state index >= 15 is 0 Å². The molecule has 2 aromatic carbocycles. The predicted octanol–water partition coefficient (Wildman–Crippen LogP) is 3.06. The summed E-state index contributed by atoms with van der Waals surface area (Å²) in [6.45, 7) is 3.37. The minimum absolute atomic E-state index is 0.0918. The number of Topliss-reactive ketones (excluding diaryl/α,β-unsaturated/α-hetero) is 1. The number of hydrogen-bond donors (Lipinski definition) is 1. The molecule has 5 rings (SSSR count). The van der Waals surface area contributed by atoms with Gasteiger partial charge < -0.3 is 0 Å². The van der Waals surface area contributed by atoms with Crippen molar-refractivity contribution in [2.24, 2.45) is 11.8 Å². The lowest BCUT2D eigenvalue weighted by molar-refractivity contribution is 0.0881. The van der Waals surface area contributed by atoms with E-state index in [0.717, 1.165) is 23.9 Å². The number of rotatable bonds is 4. The highest BCUT2D eigenvalue weighted by molar-refractivity contribution is 6.01. The molecule has 0 amide bonds. The van der Waals surface area contributed by atoms with Gasteiger partial charge in [-0.3, -0.25) is 9.80 Å². The molecule has 2 aromatic heterocycles. The Morgan fingerprint density at radius 2 is 1.84 bits per heavy atom. The molecule has 0 aliphatic carbocycles. The molecule has 1 aliphatic rings. The van der Waals surface area contributed by atoms with Gasteiger partial charge in [0.25, 0.3) is 0 Å². The van der Waals surface area contributed by atoms with Crippen molar-refractivity contribution < 1.29 is 4.79 Å². The number of nitrogens with zero attached hydrogens (tertiary/aromatic N) is 6. The number of para-hydroxylation sites is 2. The van der Waals surface area contributed by atoms with Gasteiger partial charge in [0.05, 0.1) is 23.6 Å². The number of hydrazine groups is 1. The number of hydrogen-bond acceptors (Lipinski definition) is 7. The molecule has 2 atom stereocenters. The quantitative estimate of drug-likeness (QED) is 0.514. The van der Waals surface area contributed by atoms with Crippen molar-refractivity contribution in [3.05, 3.63) is 72.7 Å². The highest BCUT2D eigenvalue weighted by Gasteiger charge is 2.31. The molecule has 31 heavy (non-hydrogen) atoms. The number of benzene rings is 2. The summed E-state index contributed by atoms with van der Waals surface area (Å²) in [5.74, 6) is 0.737. The Balaban J connectivity index is 1.39. The summed E-state index contributed by atoms with van der Waals surface area (Å²) in [5, 5.41) is 11.4. The van der Waals surface area contributed by atoms with Crippen molar-refractivity contribution in [3.63, 3.8) is 0 Å². The molecule has 8 heteroatoms. The SMILES string of the molecule is CC1CCN(c2ncc3ccccc3n2)NCC1C(=O)c1ccccc1-n1nccn1. The number of anilines is 1. The minimum atomic E-state index is -0.179. The van der Waals surface area contributed by atoms with E-state index in [1.165, 1.54) is 4.80 Å². The average molecular weight is 413 g/mol. The van der Waals surface area contributed by atoms with Crippen molar-refractivity contribution >= 4 is 22.6 Å². The van der Waals surface area contributed by atoms with Gasteiger partial charge in [-0.2, -0.15) is 15.0 Å². The van der Waals surface area contributed by atoms with E-state index in [1.54, 1.807) is 12.4 Å². The maximum atomic E-state index is 13.5. The van der Waals surface area contributed by atoms with Gasteiger partial charge in [-0.25, -0.2) is 15.4 Å². The Bertz CT molecular complexity index is 1210. The molecular weight excluding hydrogens is 390 g/mol. The second-order valence-electron chi connectivity index (χ2n) is 7.82. The first-order valence-corrected chi connectivity index (χ1v) is 10.4. The summed E-state index contributed by atoms with van der Waals surface area (Å²) in [4.78, 5) is 24.2. The third-order valence-corrected chi connectivity index (χ3v) is 5.86. The molecule has 1 aliphatic heterocycles. The van der Waals surface area contributed by atoms with Crippen molar-refractivity contribution in [1.82, 2.24) is 30.4 Å². The molecule has 0 radical (unpaired) electrons. The van der Waals surface area contributed by atoms with Gasteiger partial charge in [-0.1, -0.05) is 37.3 Å². The van der Waals surface area contributed by atoms with Gasteiger partial charge in [-0.15, -0.1) is 0 Å². The smallest absolute Gasteiger partial charge is 0.240 e. The van der Waals surface area contributed by atoms with E-state index in [1.807, 2.05) is 59.7 Å². The fourth-order valence-electron chi connectivity index (χ4n) is 4.03. The molecule has 0 saturated carbocycles. The van der Waals surface area contributed by atoms with Crippen molar-refractivity contribution in [1.29, 1.82) is 0 Å². The minimum Gasteiger partial charge on any atom is -0.294 e. The van der Waals surface area contributed by atoms with E-state index in [4.69, 9.17) is 0 Å². The Morgan fingerprint density at radius 1 is 1.06 bits per heavy atom. The van der Waals surface area contributed by atoms with E-state index in [2.05, 4.69) is 32.5 Å². The topological polar surface area (TPSA) is 88.8 Å². The van der Waals surface area contributed by atoms with E-state index in [9.17, 15) is 4.79 Å². The summed E-state index contributed by atoms with van der Waals surface area (Å²) >= 11 is 0. The fourth-order valence-corrected chi connectivity index (χ4v) is 4.03. The zero-order valence-corrected chi connectivity index (χ0v) is 17.2. The van der Waals surface area contributed by atoms with Gasteiger partial charge in [0, 0.05) is 36.2 Å². The van der Waals surface area contributed by atoms with Crippen molar-refractivity contribution in [2.75, 3.05) is 18.1 Å². The first kappa shape index (κ1) is 19.3. The number of carbonyl (C=O) groups excluding carboxylic acids is 1. The second-order valence-corrected chi connectivity index (χ2v) is 7.82. The molecule has 156 valence electrons. The summed E-state index contributed by atoms with van der Waals surface area (Å²) in [7, 11) is 0. The summed E-state index contributed by atoms with van der Waals surface area (Å²) in [5.41, 5.74) is 5.63. The summed E-state index contributed by atoms with van der Waals surface area (Å²) in [6, 6.07) is 15.4. The van der Waals surface area contributed by atoms with Gasteiger partial charge >= 0.3 is 0 Å². The molecular formula is C23H23N7O. The first-order chi connectivity index (χ1) is 15.2. The summed E-state index contributed by atoms with van der Waals surface area (Å²) < 4.78 is 0. The third kappa shape index (κ3) is 3.77. The van der Waals surface area contributed by atoms with Crippen LogP contribution in [0.4, 0.5) is 5.95 Å². The lowest BCUT2D eigenvalue weighted by atomic mass is 9.85. The summed E-state index contributed by atoms with van der Waals surface area (Å²) in [6.07, 6.45) is 5.91. The Kier molecular flexibility index (Phi) is 5.13. The van der Waals surface area contributed by atoms with Gasteiger partial charge in [0.1, 0.15) is 0 Å². The normalized spacial score (nSPS) is 19.3. The highest BCUT2D eigenvalue weighted by atomic mass is 16.1. The fraction of sp³-hybridized carbons (Fsp3) is 0.261. The second kappa shape index (κ2) is 8.23. The van der Waals surface area contributed by atoms with Crippen LogP contribution in [-0.4, -0.2) is 43.8 Å². The average Bonchev–Trinajstić information content (AvgIpc) is 3.28. The molecule has 4 aromatic rings. The zero-order valence-electron chi connectivity index (χ0n) is 17.2. The number of nitrogens with one attached hydrogen (secondary N) is 1. The lowest BCUT2D eigenvalue weighted by Gasteiger charge is -2.22. The molecule has 8 nitrogen and oxygen atoms in total. The number of aromatic nitrogens is 5. The molecule has 2 unspecified atom stereocenters. The van der Waals surface area contributed by atoms with Gasteiger partial charge in [0.15, 0.2) is 5.78 Å². The van der Waals surface area contributed by atoms with Crippen LogP contribution in [0.25, 0.3) is 16.6 Å². The number of fused-ring (bicyclic) bond motifs is 1. The van der Waals surface area contributed by atoms with E-state index in [0.29, 0.717) is 23.7 Å². The van der Waals surface area contributed by atoms with Crippen LogP contribution in [0, 0.1) is 11.8 Å². The number of carbonyl (C=O) groups is 1. The molecule has 1 fully saturated rings. The molecule has 1 N–H and O–H groups in total. The van der Waals surface area contributed by atoms with Crippen molar-refractivity contribution in [3.8, 4) is 5.69 Å². The van der Waals surface area contributed by atoms with Crippen LogP contribution in [0.15, 0.2) is 67.1 Å². The standard InChI is InChI=1S/C23H23N7O/c1-16-10-13-29(23-24-14-17-6-2-4-8-20(17)28-23)27-15-19(16)22(31)18-7-3-5-9-21(18)30-25-11-12-26-30/h2-9,11-12,14,16,19,27H,10,13,15H2,1H3. The van der Waals surface area contributed by atoms with E-state index < -0.39 is 0 Å². The Morgan fingerprint density at radius 3 is 2.71 bits per heavy atom. The van der Waals surface area contributed by atoms with Gasteiger partial charge in [-0.05, 0) is 30.5 Å². The van der Waals surface area contributed by atoms with Crippen LogP contribution in [0.1, 0.15) is 23.7 Å². The highest BCUT2D eigenvalue weighted by Crippen LogP contribution is 2.26. The monoisotopic (exact) mass is 413 g/mol. The Labute approximate surface area is 179 Å². The van der Waals surface area contributed by atoms with E-state index in [-0.39, 0.29) is 17.6 Å². The zero-order chi connectivity index (χ0) is 21.2. The largest absolute Gasteiger partial charge is 0.294 e. The third-order valence-electron chi connectivity index (χ3n) is 5.86. The number of ketones is 1. The van der Waals surface area contributed by atoms with Crippen molar-refractivity contribution in [2.45, 2.75) is 13.3 Å². The first-order valence-electron chi connectivity index (χ1n) is 10.4. The van der Waals surface area contributed by atoms with Crippen LogP contribution in [-0.2, 0) is 0 Å².